The molecule has 16 heavy (non-hydrogen) atoms. The van der Waals surface area contributed by atoms with Crippen LogP contribution in [0.4, 0.5) is 5.69 Å². The summed E-state index contributed by atoms with van der Waals surface area (Å²) in [5.74, 6) is 0. The minimum Gasteiger partial charge on any atom is -0.380 e. The lowest BCUT2D eigenvalue weighted by Gasteiger charge is -2.14. The summed E-state index contributed by atoms with van der Waals surface area (Å²) in [6.07, 6.45) is 4.34. The summed E-state index contributed by atoms with van der Waals surface area (Å²) < 4.78 is 1.94. The molecule has 0 aliphatic rings. The van der Waals surface area contributed by atoms with E-state index in [4.69, 9.17) is 0 Å². The molecule has 0 aliphatic carbocycles. The van der Waals surface area contributed by atoms with Gasteiger partial charge >= 0.3 is 0 Å². The van der Waals surface area contributed by atoms with Gasteiger partial charge in [0.2, 0.25) is 0 Å². The van der Waals surface area contributed by atoms with Gasteiger partial charge in [-0.3, -0.25) is 4.79 Å². The van der Waals surface area contributed by atoms with Crippen molar-refractivity contribution in [1.29, 1.82) is 0 Å². The topological polar surface area (TPSA) is 46.9 Å². The van der Waals surface area contributed by atoms with Crippen molar-refractivity contribution in [2.45, 2.75) is 32.9 Å². The van der Waals surface area contributed by atoms with E-state index in [0.717, 1.165) is 12.1 Å². The van der Waals surface area contributed by atoms with E-state index >= 15 is 0 Å². The standard InChI is InChI=1S/C11H16BrN3O/c1-4-6-8(3)14-9-7-13-15(5-2)11(16)10(9)12/h4,7-8,14H,1,5-6H2,2-3H3. The van der Waals surface area contributed by atoms with E-state index in [1.807, 2.05) is 19.9 Å². The molecule has 0 saturated carbocycles. The average molecular weight is 286 g/mol. The highest BCUT2D eigenvalue weighted by molar-refractivity contribution is 9.10. The molecule has 0 amide bonds. The van der Waals surface area contributed by atoms with Crippen molar-refractivity contribution in [3.05, 3.63) is 33.7 Å². The molecule has 0 radical (unpaired) electrons. The number of nitrogens with one attached hydrogen (secondary N) is 1. The van der Waals surface area contributed by atoms with Gasteiger partial charge in [0, 0.05) is 12.6 Å². The molecule has 1 rings (SSSR count). The highest BCUT2D eigenvalue weighted by Crippen LogP contribution is 2.17. The highest BCUT2D eigenvalue weighted by Gasteiger charge is 2.09. The third kappa shape index (κ3) is 2.95. The fraction of sp³-hybridized carbons (Fsp3) is 0.455. The highest BCUT2D eigenvalue weighted by atomic mass is 79.9. The van der Waals surface area contributed by atoms with Crippen LogP contribution < -0.4 is 10.9 Å². The molecular formula is C11H16BrN3O. The summed E-state index contributed by atoms with van der Waals surface area (Å²) in [5.41, 5.74) is 0.613. The van der Waals surface area contributed by atoms with Crippen LogP contribution in [0.3, 0.4) is 0 Å². The number of rotatable bonds is 5. The lowest BCUT2D eigenvalue weighted by atomic mass is 10.2. The molecule has 5 heteroatoms. The Kier molecular flexibility index (Phi) is 4.73. The Balaban J connectivity index is 2.94. The zero-order valence-electron chi connectivity index (χ0n) is 9.53. The maximum atomic E-state index is 11.8. The van der Waals surface area contributed by atoms with E-state index in [-0.39, 0.29) is 11.6 Å². The van der Waals surface area contributed by atoms with Crippen molar-refractivity contribution in [2.75, 3.05) is 5.32 Å². The van der Waals surface area contributed by atoms with E-state index < -0.39 is 0 Å². The van der Waals surface area contributed by atoms with Gasteiger partial charge in [-0.1, -0.05) is 6.08 Å². The van der Waals surface area contributed by atoms with Crippen LogP contribution in [0.15, 0.2) is 28.1 Å². The number of nitrogens with zero attached hydrogens (tertiary/aromatic N) is 2. The van der Waals surface area contributed by atoms with Crippen LogP contribution >= 0.6 is 15.9 Å². The molecule has 1 unspecified atom stereocenters. The molecule has 1 aromatic heterocycles. The lowest BCUT2D eigenvalue weighted by molar-refractivity contribution is 0.612. The monoisotopic (exact) mass is 285 g/mol. The summed E-state index contributed by atoms with van der Waals surface area (Å²) in [6, 6.07) is 0.229. The first-order chi connectivity index (χ1) is 7.60. The summed E-state index contributed by atoms with van der Waals surface area (Å²) in [5, 5.41) is 7.27. The molecule has 0 bridgehead atoms. The molecular weight excluding hydrogens is 270 g/mol. The molecule has 1 aromatic rings. The second-order valence-electron chi connectivity index (χ2n) is 3.56. The van der Waals surface area contributed by atoms with Gasteiger partial charge in [-0.25, -0.2) is 4.68 Å². The van der Waals surface area contributed by atoms with Crippen LogP contribution in [0.2, 0.25) is 0 Å². The van der Waals surface area contributed by atoms with Gasteiger partial charge in [0.1, 0.15) is 4.47 Å². The van der Waals surface area contributed by atoms with Gasteiger partial charge in [-0.2, -0.15) is 5.10 Å². The van der Waals surface area contributed by atoms with E-state index in [0.29, 0.717) is 11.0 Å². The van der Waals surface area contributed by atoms with Crippen molar-refractivity contribution in [3.8, 4) is 0 Å². The van der Waals surface area contributed by atoms with Crippen molar-refractivity contribution in [2.24, 2.45) is 0 Å². The Labute approximate surface area is 103 Å². The first-order valence-corrected chi connectivity index (χ1v) is 6.02. The number of anilines is 1. The maximum absolute atomic E-state index is 11.8. The number of aryl methyl sites for hydroxylation is 1. The Hall–Kier alpha value is -1.10. The average Bonchev–Trinajstić information content (AvgIpc) is 2.25. The normalized spacial score (nSPS) is 12.2. The Morgan fingerprint density at radius 1 is 1.75 bits per heavy atom. The Morgan fingerprint density at radius 2 is 2.44 bits per heavy atom. The van der Waals surface area contributed by atoms with Gasteiger partial charge in [-0.05, 0) is 36.2 Å². The molecule has 0 spiro atoms. The van der Waals surface area contributed by atoms with Crippen molar-refractivity contribution >= 4 is 21.6 Å². The van der Waals surface area contributed by atoms with Crippen LogP contribution in [-0.4, -0.2) is 15.8 Å². The van der Waals surface area contributed by atoms with Gasteiger partial charge in [0.25, 0.3) is 5.56 Å². The fourth-order valence-corrected chi connectivity index (χ4v) is 1.79. The summed E-state index contributed by atoms with van der Waals surface area (Å²) in [6.45, 7) is 8.16. The zero-order chi connectivity index (χ0) is 12.1. The lowest BCUT2D eigenvalue weighted by Crippen LogP contribution is -2.25. The van der Waals surface area contributed by atoms with E-state index in [9.17, 15) is 4.79 Å². The predicted octanol–water partition coefficient (Wildman–Crippen LogP) is 2.40. The molecule has 1 N–H and O–H groups in total. The summed E-state index contributed by atoms with van der Waals surface area (Å²) >= 11 is 3.29. The van der Waals surface area contributed by atoms with Crippen LogP contribution in [0, 0.1) is 0 Å². The first-order valence-electron chi connectivity index (χ1n) is 5.23. The molecule has 4 nitrogen and oxygen atoms in total. The largest absolute Gasteiger partial charge is 0.380 e. The third-order valence-electron chi connectivity index (χ3n) is 2.21. The first kappa shape index (κ1) is 13.0. The molecule has 0 saturated heterocycles. The molecule has 0 fully saturated rings. The zero-order valence-corrected chi connectivity index (χ0v) is 11.1. The van der Waals surface area contributed by atoms with E-state index in [2.05, 4.69) is 32.9 Å². The second kappa shape index (κ2) is 5.84. The molecule has 1 heterocycles. The minimum atomic E-state index is -0.113. The van der Waals surface area contributed by atoms with Gasteiger partial charge < -0.3 is 5.32 Å². The number of hydrogen-bond donors (Lipinski definition) is 1. The number of hydrogen-bond acceptors (Lipinski definition) is 3. The maximum Gasteiger partial charge on any atom is 0.283 e. The molecule has 0 aliphatic heterocycles. The van der Waals surface area contributed by atoms with Crippen LogP contribution in [0.25, 0.3) is 0 Å². The smallest absolute Gasteiger partial charge is 0.283 e. The van der Waals surface area contributed by atoms with Crippen molar-refractivity contribution in [3.63, 3.8) is 0 Å². The number of aromatic nitrogens is 2. The van der Waals surface area contributed by atoms with Crippen molar-refractivity contribution in [1.82, 2.24) is 9.78 Å². The van der Waals surface area contributed by atoms with Gasteiger partial charge in [0.05, 0.1) is 11.9 Å². The van der Waals surface area contributed by atoms with E-state index in [1.54, 1.807) is 6.20 Å². The quantitative estimate of drug-likeness (QED) is 0.845. The minimum absolute atomic E-state index is 0.113. The van der Waals surface area contributed by atoms with Crippen LogP contribution in [-0.2, 0) is 6.54 Å². The molecule has 88 valence electrons. The molecule has 1 atom stereocenters. The second-order valence-corrected chi connectivity index (χ2v) is 4.36. The summed E-state index contributed by atoms with van der Waals surface area (Å²) in [7, 11) is 0. The Morgan fingerprint density at radius 3 is 3.00 bits per heavy atom. The fourth-order valence-electron chi connectivity index (χ4n) is 1.37. The summed E-state index contributed by atoms with van der Waals surface area (Å²) in [4.78, 5) is 11.8. The van der Waals surface area contributed by atoms with Crippen LogP contribution in [0.1, 0.15) is 20.3 Å². The number of halogens is 1. The Bertz CT molecular complexity index is 428. The van der Waals surface area contributed by atoms with Crippen molar-refractivity contribution < 1.29 is 0 Å². The van der Waals surface area contributed by atoms with Crippen LogP contribution in [0.5, 0.6) is 0 Å². The SMILES string of the molecule is C=CCC(C)Nc1cnn(CC)c(=O)c1Br. The molecule has 0 aromatic carbocycles. The third-order valence-corrected chi connectivity index (χ3v) is 2.97. The predicted molar refractivity (Wildman–Crippen MR) is 69.8 cm³/mol. The van der Waals surface area contributed by atoms with E-state index in [1.165, 1.54) is 4.68 Å². The van der Waals surface area contributed by atoms with Gasteiger partial charge in [0.15, 0.2) is 0 Å². The van der Waals surface area contributed by atoms with Gasteiger partial charge in [-0.15, -0.1) is 6.58 Å².